The minimum atomic E-state index is -0.707. The lowest BCUT2D eigenvalue weighted by Crippen LogP contribution is -2.53. The van der Waals surface area contributed by atoms with Crippen molar-refractivity contribution in [3.8, 4) is 0 Å². The van der Waals surface area contributed by atoms with Gasteiger partial charge < -0.3 is 15.0 Å². The summed E-state index contributed by atoms with van der Waals surface area (Å²) in [5, 5.41) is 5.60. The number of benzene rings is 1. The maximum Gasteiger partial charge on any atom is 0.249 e. The van der Waals surface area contributed by atoms with Crippen molar-refractivity contribution in [2.24, 2.45) is 4.99 Å². The van der Waals surface area contributed by atoms with Crippen molar-refractivity contribution >= 4 is 23.5 Å². The first-order valence-corrected chi connectivity index (χ1v) is 7.70. The first-order valence-electron chi connectivity index (χ1n) is 7.70. The number of amides is 2. The second-order valence-corrected chi connectivity index (χ2v) is 5.62. The summed E-state index contributed by atoms with van der Waals surface area (Å²) in [6, 6.07) is 6.82. The Morgan fingerprint density at radius 1 is 1.35 bits per heavy atom. The number of ether oxygens (including phenoxy) is 1. The molecule has 2 heterocycles. The zero-order valence-corrected chi connectivity index (χ0v) is 13.0. The molecule has 0 saturated carbocycles. The van der Waals surface area contributed by atoms with E-state index in [2.05, 4.69) is 15.6 Å². The molecule has 1 unspecified atom stereocenters. The van der Waals surface area contributed by atoms with Crippen molar-refractivity contribution in [3.63, 3.8) is 0 Å². The quantitative estimate of drug-likeness (QED) is 0.833. The maximum absolute atomic E-state index is 12.5. The summed E-state index contributed by atoms with van der Waals surface area (Å²) in [7, 11) is 0. The van der Waals surface area contributed by atoms with Crippen molar-refractivity contribution in [2.45, 2.75) is 19.4 Å². The molecule has 1 aromatic rings. The van der Waals surface area contributed by atoms with Crippen LogP contribution in [0.25, 0.3) is 0 Å². The molecular formula is C16H20N4O3. The highest BCUT2D eigenvalue weighted by Crippen LogP contribution is 2.16. The van der Waals surface area contributed by atoms with Gasteiger partial charge in [0.15, 0.2) is 0 Å². The number of morpholine rings is 1. The van der Waals surface area contributed by atoms with Crippen LogP contribution in [0.4, 0.5) is 5.69 Å². The molecule has 1 aromatic carbocycles. The highest BCUT2D eigenvalue weighted by molar-refractivity contribution is 6.06. The Morgan fingerprint density at radius 3 is 2.83 bits per heavy atom. The van der Waals surface area contributed by atoms with Crippen LogP contribution in [0.5, 0.6) is 0 Å². The summed E-state index contributed by atoms with van der Waals surface area (Å²) in [4.78, 5) is 30.7. The summed E-state index contributed by atoms with van der Waals surface area (Å²) in [5.74, 6) is 0.0146. The van der Waals surface area contributed by atoms with E-state index in [4.69, 9.17) is 4.74 Å². The number of carbonyl (C=O) groups is 2. The van der Waals surface area contributed by atoms with Gasteiger partial charge in [0.05, 0.1) is 19.6 Å². The predicted octanol–water partition coefficient (Wildman–Crippen LogP) is 0.510. The second-order valence-electron chi connectivity index (χ2n) is 5.62. The van der Waals surface area contributed by atoms with Crippen molar-refractivity contribution in [1.29, 1.82) is 0 Å². The molecule has 0 aliphatic carbocycles. The van der Waals surface area contributed by atoms with Gasteiger partial charge in [-0.25, -0.2) is 4.99 Å². The number of guanidine groups is 1. The van der Waals surface area contributed by atoms with E-state index in [0.29, 0.717) is 32.3 Å². The standard InChI is InChI=1S/C16H20N4O3/c1-11-4-2-3-5-12(11)17-15(22)13-10-14(21)19-16(18-13)20-6-8-23-9-7-20/h2-5,13H,6-10H2,1H3,(H,17,22)(H,18,19,21). The Bertz CT molecular complexity index is 638. The van der Waals surface area contributed by atoms with E-state index in [1.807, 2.05) is 36.1 Å². The molecule has 3 rings (SSSR count). The van der Waals surface area contributed by atoms with E-state index < -0.39 is 6.04 Å². The number of anilines is 1. The monoisotopic (exact) mass is 316 g/mol. The largest absolute Gasteiger partial charge is 0.378 e. The third-order valence-electron chi connectivity index (χ3n) is 3.92. The highest BCUT2D eigenvalue weighted by atomic mass is 16.5. The zero-order chi connectivity index (χ0) is 16.2. The number of carbonyl (C=O) groups excluding carboxylic acids is 2. The molecule has 2 amide bonds. The van der Waals surface area contributed by atoms with Crippen LogP contribution in [0.2, 0.25) is 0 Å². The van der Waals surface area contributed by atoms with Crippen LogP contribution >= 0.6 is 0 Å². The van der Waals surface area contributed by atoms with Gasteiger partial charge in [-0.15, -0.1) is 0 Å². The van der Waals surface area contributed by atoms with Gasteiger partial charge in [-0.1, -0.05) is 18.2 Å². The molecule has 1 saturated heterocycles. The highest BCUT2D eigenvalue weighted by Gasteiger charge is 2.29. The van der Waals surface area contributed by atoms with Gasteiger partial charge in [0, 0.05) is 18.8 Å². The fourth-order valence-corrected chi connectivity index (χ4v) is 2.59. The molecule has 7 heteroatoms. The Kier molecular flexibility index (Phi) is 4.57. The van der Waals surface area contributed by atoms with Crippen LogP contribution in [0.1, 0.15) is 12.0 Å². The number of para-hydroxylation sites is 1. The molecule has 23 heavy (non-hydrogen) atoms. The van der Waals surface area contributed by atoms with Gasteiger partial charge in [0.25, 0.3) is 0 Å². The van der Waals surface area contributed by atoms with Crippen molar-refractivity contribution in [1.82, 2.24) is 10.2 Å². The van der Waals surface area contributed by atoms with Gasteiger partial charge in [0.2, 0.25) is 17.8 Å². The summed E-state index contributed by atoms with van der Waals surface area (Å²) in [6.45, 7) is 4.42. The van der Waals surface area contributed by atoms with Crippen LogP contribution in [0.3, 0.4) is 0 Å². The fourth-order valence-electron chi connectivity index (χ4n) is 2.59. The normalized spacial score (nSPS) is 21.4. The number of nitrogens with one attached hydrogen (secondary N) is 2. The Labute approximate surface area is 134 Å². The molecular weight excluding hydrogens is 296 g/mol. The SMILES string of the molecule is Cc1ccccc1NC(=O)C1CC(=O)NC(N2CCOCC2)=N1. The van der Waals surface area contributed by atoms with Crippen LogP contribution in [-0.2, 0) is 14.3 Å². The topological polar surface area (TPSA) is 83.0 Å². The molecule has 1 fully saturated rings. The molecule has 7 nitrogen and oxygen atoms in total. The molecule has 0 spiro atoms. The number of aliphatic imine (C=N–C) groups is 1. The van der Waals surface area contributed by atoms with Crippen LogP contribution < -0.4 is 10.6 Å². The fraction of sp³-hybridized carbons (Fsp3) is 0.438. The predicted molar refractivity (Wildman–Crippen MR) is 86.2 cm³/mol. The Morgan fingerprint density at radius 2 is 2.09 bits per heavy atom. The lowest BCUT2D eigenvalue weighted by Gasteiger charge is -2.32. The Balaban J connectivity index is 1.73. The van der Waals surface area contributed by atoms with Gasteiger partial charge in [-0.2, -0.15) is 0 Å². The Hall–Kier alpha value is -2.41. The second kappa shape index (κ2) is 6.78. The molecule has 0 aromatic heterocycles. The van der Waals surface area contributed by atoms with Crippen LogP contribution in [-0.4, -0.2) is 55.0 Å². The van der Waals surface area contributed by atoms with Crippen molar-refractivity contribution in [2.75, 3.05) is 31.6 Å². The van der Waals surface area contributed by atoms with E-state index in [1.54, 1.807) is 0 Å². The number of aryl methyl sites for hydroxylation is 1. The average Bonchev–Trinajstić information content (AvgIpc) is 2.57. The van der Waals surface area contributed by atoms with E-state index in [9.17, 15) is 9.59 Å². The lowest BCUT2D eigenvalue weighted by molar-refractivity contribution is -0.125. The zero-order valence-electron chi connectivity index (χ0n) is 13.0. The summed E-state index contributed by atoms with van der Waals surface area (Å²) in [6.07, 6.45) is 0.0611. The molecule has 1 atom stereocenters. The third-order valence-corrected chi connectivity index (χ3v) is 3.92. The molecule has 2 aliphatic heterocycles. The van der Waals surface area contributed by atoms with E-state index in [1.165, 1.54) is 0 Å². The average molecular weight is 316 g/mol. The first-order chi connectivity index (χ1) is 11.1. The van der Waals surface area contributed by atoms with E-state index in [-0.39, 0.29) is 18.2 Å². The first kappa shape index (κ1) is 15.5. The van der Waals surface area contributed by atoms with E-state index in [0.717, 1.165) is 11.3 Å². The molecule has 0 bridgehead atoms. The van der Waals surface area contributed by atoms with Crippen LogP contribution in [0, 0.1) is 6.92 Å². The number of nitrogens with zero attached hydrogens (tertiary/aromatic N) is 2. The van der Waals surface area contributed by atoms with Crippen LogP contribution in [0.15, 0.2) is 29.3 Å². The summed E-state index contributed by atoms with van der Waals surface area (Å²) in [5.41, 5.74) is 1.71. The van der Waals surface area contributed by atoms with Crippen molar-refractivity contribution in [3.05, 3.63) is 29.8 Å². The van der Waals surface area contributed by atoms with Gasteiger partial charge in [0.1, 0.15) is 6.04 Å². The van der Waals surface area contributed by atoms with Gasteiger partial charge >= 0.3 is 0 Å². The minimum Gasteiger partial charge on any atom is -0.378 e. The molecule has 2 aliphatic rings. The number of rotatable bonds is 2. The molecule has 0 radical (unpaired) electrons. The maximum atomic E-state index is 12.5. The minimum absolute atomic E-state index is 0.0611. The smallest absolute Gasteiger partial charge is 0.249 e. The lowest BCUT2D eigenvalue weighted by atomic mass is 10.1. The molecule has 122 valence electrons. The summed E-state index contributed by atoms with van der Waals surface area (Å²) < 4.78 is 5.30. The third kappa shape index (κ3) is 3.68. The molecule has 2 N–H and O–H groups in total. The number of hydrogen-bond acceptors (Lipinski definition) is 5. The van der Waals surface area contributed by atoms with Crippen molar-refractivity contribution < 1.29 is 14.3 Å². The van der Waals surface area contributed by atoms with E-state index >= 15 is 0 Å². The summed E-state index contributed by atoms with van der Waals surface area (Å²) >= 11 is 0. The van der Waals surface area contributed by atoms with Gasteiger partial charge in [-0.3, -0.25) is 14.9 Å². The van der Waals surface area contributed by atoms with Gasteiger partial charge in [-0.05, 0) is 18.6 Å². The number of hydrogen-bond donors (Lipinski definition) is 2.